The van der Waals surface area contributed by atoms with Gasteiger partial charge in [0.1, 0.15) is 0 Å². The molecule has 2 N–H and O–H groups in total. The smallest absolute Gasteiger partial charge is 0.331 e. The molecule has 0 saturated heterocycles. The summed E-state index contributed by atoms with van der Waals surface area (Å²) in [6.45, 7) is 1.22. The lowest BCUT2D eigenvalue weighted by Crippen LogP contribution is -1.99. The number of carbonyl (C=O) groups is 2. The maximum atomic E-state index is 9.90. The third kappa shape index (κ3) is 9.26. The topological polar surface area (TPSA) is 74.6 Å². The molecule has 0 bridgehead atoms. The number of hydrogen-bond donors (Lipinski definition) is 2. The fourth-order valence-corrected chi connectivity index (χ4v) is 0.247. The first-order valence-corrected chi connectivity index (χ1v) is 2.18. The monoisotopic (exact) mass is 202 g/mol. The second-order valence-corrected chi connectivity index (χ2v) is 1.47. The molecule has 0 aromatic rings. The molecule has 0 aliphatic rings. The molecule has 0 fully saturated rings. The molecule has 0 aromatic heterocycles. The Bertz CT molecular complexity index is 175. The zero-order valence-corrected chi connectivity index (χ0v) is 7.24. The summed E-state index contributed by atoms with van der Waals surface area (Å²) in [5.41, 5.74) is -0.178. The molecule has 66 valence electrons. The molecule has 0 spiro atoms. The van der Waals surface area contributed by atoms with Crippen LogP contribution in [0.1, 0.15) is 6.92 Å². The molecule has 0 rings (SSSR count). The van der Waals surface area contributed by atoms with E-state index in [-0.39, 0.29) is 30.4 Å². The Labute approximate surface area is 75.7 Å². The van der Waals surface area contributed by atoms with Crippen molar-refractivity contribution in [1.82, 2.24) is 0 Å². The van der Waals surface area contributed by atoms with Crippen LogP contribution in [0.15, 0.2) is 11.6 Å². The van der Waals surface area contributed by atoms with Crippen LogP contribution < -0.4 is 0 Å². The number of rotatable bonds is 2. The van der Waals surface area contributed by atoms with Crippen molar-refractivity contribution in [3.63, 3.8) is 0 Å². The fourth-order valence-electron chi connectivity index (χ4n) is 0.247. The molecule has 0 aliphatic carbocycles. The molecule has 11 heavy (non-hydrogen) atoms. The van der Waals surface area contributed by atoms with Gasteiger partial charge < -0.3 is 10.2 Å². The van der Waals surface area contributed by atoms with Crippen LogP contribution in [0.3, 0.4) is 0 Å². The standard InChI is InChI=1S/C5H6O4.2ClH/c1-3(5(8)9)2-4(6)7;;/h2H,1H3,(H,6,7)(H,8,9);2*1H. The molecule has 0 saturated carbocycles. The quantitative estimate of drug-likeness (QED) is 0.655. The molecule has 0 atom stereocenters. The van der Waals surface area contributed by atoms with Gasteiger partial charge in [-0.15, -0.1) is 24.8 Å². The lowest BCUT2D eigenvalue weighted by Gasteiger charge is -1.86. The van der Waals surface area contributed by atoms with E-state index < -0.39 is 11.9 Å². The summed E-state index contributed by atoms with van der Waals surface area (Å²) in [5.74, 6) is -2.45. The number of hydrogen-bond acceptors (Lipinski definition) is 2. The van der Waals surface area contributed by atoms with Gasteiger partial charge in [0, 0.05) is 11.6 Å². The van der Waals surface area contributed by atoms with Crippen LogP contribution in [0.5, 0.6) is 0 Å². The lowest BCUT2D eigenvalue weighted by atomic mass is 10.3. The third-order valence-corrected chi connectivity index (χ3v) is 0.677. The van der Waals surface area contributed by atoms with Gasteiger partial charge in [-0.1, -0.05) is 0 Å². The summed E-state index contributed by atoms with van der Waals surface area (Å²) >= 11 is 0. The van der Waals surface area contributed by atoms with E-state index in [4.69, 9.17) is 10.2 Å². The maximum Gasteiger partial charge on any atom is 0.331 e. The highest BCUT2D eigenvalue weighted by molar-refractivity contribution is 5.93. The second-order valence-electron chi connectivity index (χ2n) is 1.47. The minimum absolute atomic E-state index is 0. The summed E-state index contributed by atoms with van der Waals surface area (Å²) in [6, 6.07) is 0. The van der Waals surface area contributed by atoms with Crippen LogP contribution in [-0.2, 0) is 9.59 Å². The van der Waals surface area contributed by atoms with Gasteiger partial charge in [0.15, 0.2) is 0 Å². The molecule has 6 heteroatoms. The highest BCUT2D eigenvalue weighted by atomic mass is 35.5. The zero-order valence-electron chi connectivity index (χ0n) is 5.60. The van der Waals surface area contributed by atoms with E-state index in [0.29, 0.717) is 6.08 Å². The first-order chi connectivity index (χ1) is 4.04. The van der Waals surface area contributed by atoms with Crippen molar-refractivity contribution in [2.24, 2.45) is 0 Å². The van der Waals surface area contributed by atoms with Gasteiger partial charge in [0.05, 0.1) is 0 Å². The van der Waals surface area contributed by atoms with Crippen molar-refractivity contribution in [1.29, 1.82) is 0 Å². The predicted molar refractivity (Wildman–Crippen MR) is 43.5 cm³/mol. The van der Waals surface area contributed by atoms with E-state index in [1.807, 2.05) is 0 Å². The Hall–Kier alpha value is -0.740. The van der Waals surface area contributed by atoms with Crippen LogP contribution in [0, 0.1) is 0 Å². The van der Waals surface area contributed by atoms with Gasteiger partial charge in [-0.05, 0) is 6.92 Å². The number of halogens is 2. The summed E-state index contributed by atoms with van der Waals surface area (Å²) in [4.78, 5) is 19.7. The zero-order chi connectivity index (χ0) is 7.44. The van der Waals surface area contributed by atoms with Gasteiger partial charge in [-0.3, -0.25) is 0 Å². The first-order valence-electron chi connectivity index (χ1n) is 2.18. The SMILES string of the molecule is CC(=CC(=O)O)C(=O)O.Cl.Cl. The van der Waals surface area contributed by atoms with E-state index in [1.54, 1.807) is 0 Å². The van der Waals surface area contributed by atoms with E-state index in [1.165, 1.54) is 6.92 Å². The minimum atomic E-state index is -1.24. The second kappa shape index (κ2) is 7.37. The normalized spacial score (nSPS) is 9.00. The van der Waals surface area contributed by atoms with Gasteiger partial charge in [0.25, 0.3) is 0 Å². The summed E-state index contributed by atoms with van der Waals surface area (Å²) in [7, 11) is 0. The van der Waals surface area contributed by atoms with Gasteiger partial charge in [-0.25, -0.2) is 9.59 Å². The van der Waals surface area contributed by atoms with Crippen LogP contribution in [0.25, 0.3) is 0 Å². The number of carboxylic acid groups (broad SMARTS) is 2. The lowest BCUT2D eigenvalue weighted by molar-refractivity contribution is -0.135. The van der Waals surface area contributed by atoms with E-state index in [2.05, 4.69) is 0 Å². The average Bonchev–Trinajstić information content (AvgIpc) is 1.63. The molecule has 0 aliphatic heterocycles. The van der Waals surface area contributed by atoms with Crippen molar-refractivity contribution in [2.75, 3.05) is 0 Å². The maximum absolute atomic E-state index is 9.90. The van der Waals surface area contributed by atoms with Crippen LogP contribution in [-0.4, -0.2) is 22.2 Å². The molecule has 0 aromatic carbocycles. The Morgan fingerprint density at radius 1 is 1.18 bits per heavy atom. The van der Waals surface area contributed by atoms with Crippen molar-refractivity contribution < 1.29 is 19.8 Å². The largest absolute Gasteiger partial charge is 0.478 e. The first kappa shape index (κ1) is 16.7. The number of aliphatic carboxylic acids is 2. The van der Waals surface area contributed by atoms with Crippen LogP contribution in [0.4, 0.5) is 0 Å². The van der Waals surface area contributed by atoms with E-state index in [9.17, 15) is 9.59 Å². The Morgan fingerprint density at radius 2 is 1.55 bits per heavy atom. The summed E-state index contributed by atoms with van der Waals surface area (Å²) in [6.07, 6.45) is 0.641. The van der Waals surface area contributed by atoms with Crippen LogP contribution >= 0.6 is 24.8 Å². The van der Waals surface area contributed by atoms with Crippen molar-refractivity contribution in [3.05, 3.63) is 11.6 Å². The van der Waals surface area contributed by atoms with Gasteiger partial charge >= 0.3 is 11.9 Å². The number of carboxylic acids is 2. The molecular formula is C5H8Cl2O4. The molecule has 0 radical (unpaired) electrons. The Morgan fingerprint density at radius 3 is 1.64 bits per heavy atom. The highest BCUT2D eigenvalue weighted by Gasteiger charge is 2.00. The van der Waals surface area contributed by atoms with Crippen molar-refractivity contribution in [3.8, 4) is 0 Å². The molecule has 0 unspecified atom stereocenters. The predicted octanol–water partition coefficient (Wildman–Crippen LogP) is 0.945. The molecule has 0 heterocycles. The average molecular weight is 203 g/mol. The van der Waals surface area contributed by atoms with Gasteiger partial charge in [-0.2, -0.15) is 0 Å². The molecular weight excluding hydrogens is 195 g/mol. The highest BCUT2D eigenvalue weighted by Crippen LogP contribution is 1.89. The van der Waals surface area contributed by atoms with Crippen molar-refractivity contribution in [2.45, 2.75) is 6.92 Å². The van der Waals surface area contributed by atoms with Crippen molar-refractivity contribution >= 4 is 36.8 Å². The molecule has 4 nitrogen and oxygen atoms in total. The fraction of sp³-hybridized carbons (Fsp3) is 0.200. The van der Waals surface area contributed by atoms with Crippen LogP contribution in [0.2, 0.25) is 0 Å². The van der Waals surface area contributed by atoms with E-state index in [0.717, 1.165) is 0 Å². The minimum Gasteiger partial charge on any atom is -0.478 e. The summed E-state index contributed by atoms with van der Waals surface area (Å²) < 4.78 is 0. The Balaban J connectivity index is -0.000000320. The van der Waals surface area contributed by atoms with Gasteiger partial charge in [0.2, 0.25) is 0 Å². The van der Waals surface area contributed by atoms with E-state index >= 15 is 0 Å². The summed E-state index contributed by atoms with van der Waals surface area (Å²) in [5, 5.41) is 16.1. The third-order valence-electron chi connectivity index (χ3n) is 0.677. The molecule has 0 amide bonds. The Kier molecular flexibility index (Phi) is 11.2.